The van der Waals surface area contributed by atoms with Crippen LogP contribution in [0.5, 0.6) is 0 Å². The Morgan fingerprint density at radius 2 is 2.05 bits per heavy atom. The molecule has 1 aromatic heterocycles. The number of nitrogen functional groups attached to an aromatic ring is 1. The first-order chi connectivity index (χ1) is 9.16. The van der Waals surface area contributed by atoms with Crippen molar-refractivity contribution < 1.29 is 5.11 Å². The minimum absolute atomic E-state index is 0.0433. The van der Waals surface area contributed by atoms with Crippen LogP contribution in [0.25, 0.3) is 11.0 Å². The fourth-order valence-corrected chi connectivity index (χ4v) is 3.35. The van der Waals surface area contributed by atoms with Crippen LogP contribution in [-0.2, 0) is 0 Å². The summed E-state index contributed by atoms with van der Waals surface area (Å²) in [5, 5.41) is 10.4. The fraction of sp³-hybridized carbons (Fsp3) is 0.500. The van der Waals surface area contributed by atoms with Gasteiger partial charge in [-0.1, -0.05) is 35.2 Å². The number of halogens is 1. The minimum Gasteiger partial charge on any atom is -0.391 e. The van der Waals surface area contributed by atoms with Gasteiger partial charge in [0, 0.05) is 4.47 Å². The normalized spacial score (nSPS) is 24.5. The minimum atomic E-state index is -0.332. The van der Waals surface area contributed by atoms with E-state index < -0.39 is 0 Å². The van der Waals surface area contributed by atoms with Crippen molar-refractivity contribution in [2.75, 3.05) is 5.73 Å². The quantitative estimate of drug-likeness (QED) is 0.792. The highest BCUT2D eigenvalue weighted by Crippen LogP contribution is 2.33. The lowest BCUT2D eigenvalue weighted by atomic mass is 10.1. The van der Waals surface area contributed by atoms with Gasteiger partial charge in [0.25, 0.3) is 0 Å². The maximum absolute atomic E-state index is 10.4. The van der Waals surface area contributed by atoms with Crippen LogP contribution in [0.3, 0.4) is 0 Å². The Morgan fingerprint density at radius 3 is 2.89 bits per heavy atom. The molecule has 2 aromatic rings. The number of nitrogens with zero attached hydrogens (tertiary/aromatic N) is 2. The van der Waals surface area contributed by atoms with Gasteiger partial charge in [-0.15, -0.1) is 0 Å². The SMILES string of the molecule is Nc1nc2ccc(Br)cc2n1C1CCCCCC1O. The molecule has 5 heteroatoms. The first kappa shape index (κ1) is 12.9. The maximum Gasteiger partial charge on any atom is 0.201 e. The van der Waals surface area contributed by atoms with Gasteiger partial charge in [-0.05, 0) is 31.0 Å². The van der Waals surface area contributed by atoms with Gasteiger partial charge < -0.3 is 15.4 Å². The van der Waals surface area contributed by atoms with Gasteiger partial charge in [-0.25, -0.2) is 4.98 Å². The summed E-state index contributed by atoms with van der Waals surface area (Å²) in [6.45, 7) is 0. The summed E-state index contributed by atoms with van der Waals surface area (Å²) in [5.41, 5.74) is 7.96. The van der Waals surface area contributed by atoms with Crippen LogP contribution in [0.4, 0.5) is 5.95 Å². The van der Waals surface area contributed by atoms with E-state index in [2.05, 4.69) is 20.9 Å². The van der Waals surface area contributed by atoms with Crippen LogP contribution >= 0.6 is 15.9 Å². The number of aliphatic hydroxyl groups is 1. The maximum atomic E-state index is 10.4. The molecule has 1 saturated carbocycles. The molecule has 0 amide bonds. The molecule has 0 radical (unpaired) electrons. The largest absolute Gasteiger partial charge is 0.391 e. The van der Waals surface area contributed by atoms with E-state index in [1.807, 2.05) is 22.8 Å². The number of hydrogen-bond donors (Lipinski definition) is 2. The molecule has 4 nitrogen and oxygen atoms in total. The molecule has 0 aliphatic heterocycles. The van der Waals surface area contributed by atoms with Crippen molar-refractivity contribution in [2.24, 2.45) is 0 Å². The molecule has 2 unspecified atom stereocenters. The molecule has 1 aliphatic carbocycles. The number of nitrogens with two attached hydrogens (primary N) is 1. The van der Waals surface area contributed by atoms with E-state index in [1.54, 1.807) is 0 Å². The predicted octanol–water partition coefficient (Wildman–Crippen LogP) is 3.25. The third-order valence-corrected chi connectivity index (χ3v) is 4.45. The third kappa shape index (κ3) is 2.37. The molecule has 2 atom stereocenters. The molecule has 3 rings (SSSR count). The number of anilines is 1. The van der Waals surface area contributed by atoms with Crippen LogP contribution in [0.15, 0.2) is 22.7 Å². The van der Waals surface area contributed by atoms with Crippen molar-refractivity contribution in [2.45, 2.75) is 44.2 Å². The molecular weight excluding hydrogens is 306 g/mol. The number of benzene rings is 1. The van der Waals surface area contributed by atoms with Gasteiger partial charge in [0.1, 0.15) is 0 Å². The van der Waals surface area contributed by atoms with Crippen molar-refractivity contribution in [3.63, 3.8) is 0 Å². The molecule has 0 spiro atoms. The third-order valence-electron chi connectivity index (χ3n) is 3.95. The number of aliphatic hydroxyl groups excluding tert-OH is 1. The summed E-state index contributed by atoms with van der Waals surface area (Å²) in [4.78, 5) is 4.40. The standard InChI is InChI=1S/C14H18BrN3O/c15-9-6-7-10-12(8-9)18(14(16)17-10)11-4-2-1-3-5-13(11)19/h6-8,11,13,19H,1-5H2,(H2,16,17). The molecule has 1 aliphatic rings. The van der Waals surface area contributed by atoms with Crippen LogP contribution < -0.4 is 5.73 Å². The first-order valence-electron chi connectivity index (χ1n) is 6.78. The smallest absolute Gasteiger partial charge is 0.201 e. The lowest BCUT2D eigenvalue weighted by Crippen LogP contribution is -2.24. The lowest BCUT2D eigenvalue weighted by Gasteiger charge is -2.23. The Morgan fingerprint density at radius 1 is 1.26 bits per heavy atom. The van der Waals surface area contributed by atoms with Crippen LogP contribution in [0.1, 0.15) is 38.1 Å². The summed E-state index contributed by atoms with van der Waals surface area (Å²) >= 11 is 3.49. The second kappa shape index (κ2) is 5.13. The van der Waals surface area contributed by atoms with Gasteiger partial charge >= 0.3 is 0 Å². The molecule has 1 fully saturated rings. The van der Waals surface area contributed by atoms with Crippen LogP contribution in [-0.4, -0.2) is 20.8 Å². The predicted molar refractivity (Wildman–Crippen MR) is 80.0 cm³/mol. The van der Waals surface area contributed by atoms with Gasteiger partial charge in [-0.2, -0.15) is 0 Å². The summed E-state index contributed by atoms with van der Waals surface area (Å²) in [6.07, 6.45) is 4.88. The second-order valence-electron chi connectivity index (χ2n) is 5.25. The van der Waals surface area contributed by atoms with Gasteiger partial charge in [0.05, 0.1) is 23.2 Å². The molecular formula is C14H18BrN3O. The van der Waals surface area contributed by atoms with Crippen LogP contribution in [0, 0.1) is 0 Å². The number of hydrogen-bond acceptors (Lipinski definition) is 3. The molecule has 0 bridgehead atoms. The molecule has 0 saturated heterocycles. The Labute approximate surface area is 120 Å². The van der Waals surface area contributed by atoms with Crippen molar-refractivity contribution in [1.29, 1.82) is 0 Å². The van der Waals surface area contributed by atoms with Crippen molar-refractivity contribution in [3.8, 4) is 0 Å². The van der Waals surface area contributed by atoms with E-state index in [0.717, 1.165) is 41.2 Å². The molecule has 1 aromatic carbocycles. The zero-order chi connectivity index (χ0) is 13.4. The van der Waals surface area contributed by atoms with E-state index in [0.29, 0.717) is 5.95 Å². The fourth-order valence-electron chi connectivity index (χ4n) is 3.00. The zero-order valence-corrected chi connectivity index (χ0v) is 12.3. The van der Waals surface area contributed by atoms with E-state index in [-0.39, 0.29) is 12.1 Å². The van der Waals surface area contributed by atoms with E-state index in [9.17, 15) is 5.11 Å². The van der Waals surface area contributed by atoms with Crippen LogP contribution in [0.2, 0.25) is 0 Å². The Balaban J connectivity index is 2.12. The summed E-state index contributed by atoms with van der Waals surface area (Å²) < 4.78 is 3.01. The first-order valence-corrected chi connectivity index (χ1v) is 7.57. The highest BCUT2D eigenvalue weighted by Gasteiger charge is 2.26. The van der Waals surface area contributed by atoms with E-state index in [1.165, 1.54) is 6.42 Å². The average Bonchev–Trinajstić information content (AvgIpc) is 2.55. The number of aromatic nitrogens is 2. The number of fused-ring (bicyclic) bond motifs is 1. The Bertz CT molecular complexity index is 596. The topological polar surface area (TPSA) is 64.1 Å². The number of rotatable bonds is 1. The monoisotopic (exact) mass is 323 g/mol. The van der Waals surface area contributed by atoms with Crippen molar-refractivity contribution in [3.05, 3.63) is 22.7 Å². The van der Waals surface area contributed by atoms with Crippen molar-refractivity contribution in [1.82, 2.24) is 9.55 Å². The molecule has 3 N–H and O–H groups in total. The van der Waals surface area contributed by atoms with E-state index >= 15 is 0 Å². The highest BCUT2D eigenvalue weighted by molar-refractivity contribution is 9.10. The molecule has 1 heterocycles. The van der Waals surface area contributed by atoms with Gasteiger partial charge in [-0.3, -0.25) is 0 Å². The summed E-state index contributed by atoms with van der Waals surface area (Å²) in [6, 6.07) is 5.98. The van der Waals surface area contributed by atoms with Gasteiger partial charge in [0.15, 0.2) is 0 Å². The van der Waals surface area contributed by atoms with Crippen molar-refractivity contribution >= 4 is 32.9 Å². The van der Waals surface area contributed by atoms with Gasteiger partial charge in [0.2, 0.25) is 5.95 Å². The molecule has 102 valence electrons. The second-order valence-corrected chi connectivity index (χ2v) is 6.16. The zero-order valence-electron chi connectivity index (χ0n) is 10.7. The van der Waals surface area contributed by atoms with E-state index in [4.69, 9.17) is 5.73 Å². The lowest BCUT2D eigenvalue weighted by molar-refractivity contribution is 0.108. The average molecular weight is 324 g/mol. The Hall–Kier alpha value is -1.07. The highest BCUT2D eigenvalue weighted by atomic mass is 79.9. The number of imidazole rings is 1. The Kier molecular flexibility index (Phi) is 3.50. The molecule has 19 heavy (non-hydrogen) atoms. The summed E-state index contributed by atoms with van der Waals surface area (Å²) in [7, 11) is 0. The summed E-state index contributed by atoms with van der Waals surface area (Å²) in [5.74, 6) is 0.499.